The van der Waals surface area contributed by atoms with Crippen LogP contribution in [0.4, 0.5) is 0 Å². The highest BCUT2D eigenvalue weighted by Gasteiger charge is 2.16. The van der Waals surface area contributed by atoms with Gasteiger partial charge >= 0.3 is 5.97 Å². The van der Waals surface area contributed by atoms with Crippen LogP contribution in [0.1, 0.15) is 21.6 Å². The predicted octanol–water partition coefficient (Wildman–Crippen LogP) is 2.16. The molecule has 0 atom stereocenters. The van der Waals surface area contributed by atoms with Crippen molar-refractivity contribution in [2.24, 2.45) is 0 Å². The molecule has 0 bridgehead atoms. The van der Waals surface area contributed by atoms with E-state index in [-0.39, 0.29) is 5.56 Å². The maximum absolute atomic E-state index is 12.3. The van der Waals surface area contributed by atoms with Crippen LogP contribution >= 0.6 is 0 Å². The number of rotatable bonds is 3. The SMILES string of the molecule is COc1ccc(C)cc1-n1c(C)ccc(C(=O)O)c1=O. The summed E-state index contributed by atoms with van der Waals surface area (Å²) < 4.78 is 6.61. The minimum Gasteiger partial charge on any atom is -0.495 e. The zero-order chi connectivity index (χ0) is 14.9. The molecule has 0 saturated heterocycles. The largest absolute Gasteiger partial charge is 0.495 e. The summed E-state index contributed by atoms with van der Waals surface area (Å²) in [6.45, 7) is 3.64. The van der Waals surface area contributed by atoms with E-state index in [9.17, 15) is 9.59 Å². The van der Waals surface area contributed by atoms with Crippen molar-refractivity contribution in [3.05, 3.63) is 57.5 Å². The number of aromatic carboxylic acids is 1. The van der Waals surface area contributed by atoms with E-state index in [0.717, 1.165) is 5.56 Å². The van der Waals surface area contributed by atoms with Gasteiger partial charge in [-0.1, -0.05) is 6.07 Å². The van der Waals surface area contributed by atoms with E-state index in [0.29, 0.717) is 17.1 Å². The maximum atomic E-state index is 12.3. The Morgan fingerprint density at radius 2 is 1.90 bits per heavy atom. The van der Waals surface area contributed by atoms with Gasteiger partial charge in [0.05, 0.1) is 12.8 Å². The van der Waals surface area contributed by atoms with E-state index >= 15 is 0 Å². The minimum absolute atomic E-state index is 0.265. The third-order valence-electron chi connectivity index (χ3n) is 3.08. The lowest BCUT2D eigenvalue weighted by atomic mass is 10.1. The molecule has 0 amide bonds. The minimum atomic E-state index is -1.24. The first kappa shape index (κ1) is 13.9. The van der Waals surface area contributed by atoms with Gasteiger partial charge in [0.2, 0.25) is 0 Å². The monoisotopic (exact) mass is 273 g/mol. The normalized spacial score (nSPS) is 10.3. The molecule has 1 aromatic carbocycles. The molecule has 2 rings (SSSR count). The van der Waals surface area contributed by atoms with Gasteiger partial charge < -0.3 is 9.84 Å². The Labute approximate surface area is 116 Å². The molecular formula is C15H15NO4. The first-order chi connectivity index (χ1) is 9.45. The van der Waals surface area contributed by atoms with Gasteiger partial charge in [0.25, 0.3) is 5.56 Å². The Morgan fingerprint density at radius 3 is 2.50 bits per heavy atom. The number of methoxy groups -OCH3 is 1. The second-order valence-electron chi connectivity index (χ2n) is 4.51. The van der Waals surface area contributed by atoms with E-state index in [2.05, 4.69) is 0 Å². The molecule has 5 heteroatoms. The van der Waals surface area contributed by atoms with Crippen molar-refractivity contribution in [2.75, 3.05) is 7.11 Å². The molecule has 0 aliphatic rings. The maximum Gasteiger partial charge on any atom is 0.341 e. The van der Waals surface area contributed by atoms with Gasteiger partial charge in [0, 0.05) is 5.69 Å². The van der Waals surface area contributed by atoms with E-state index in [1.807, 2.05) is 13.0 Å². The fraction of sp³-hybridized carbons (Fsp3) is 0.200. The lowest BCUT2D eigenvalue weighted by molar-refractivity contribution is 0.0694. The van der Waals surface area contributed by atoms with Crippen LogP contribution in [0.3, 0.4) is 0 Å². The third kappa shape index (κ3) is 2.30. The highest BCUT2D eigenvalue weighted by Crippen LogP contribution is 2.24. The molecule has 0 aliphatic heterocycles. The highest BCUT2D eigenvalue weighted by atomic mass is 16.5. The van der Waals surface area contributed by atoms with E-state index in [1.165, 1.54) is 17.7 Å². The van der Waals surface area contributed by atoms with Gasteiger partial charge in [0.1, 0.15) is 11.3 Å². The molecule has 5 nitrogen and oxygen atoms in total. The quantitative estimate of drug-likeness (QED) is 0.930. The molecule has 104 valence electrons. The van der Waals surface area contributed by atoms with Crippen LogP contribution in [0, 0.1) is 13.8 Å². The summed E-state index contributed by atoms with van der Waals surface area (Å²) in [5, 5.41) is 9.06. The number of carboxylic acid groups (broad SMARTS) is 1. The summed E-state index contributed by atoms with van der Waals surface area (Å²) in [6, 6.07) is 8.33. The van der Waals surface area contributed by atoms with Gasteiger partial charge in [-0.2, -0.15) is 0 Å². The first-order valence-corrected chi connectivity index (χ1v) is 6.06. The van der Waals surface area contributed by atoms with Crippen molar-refractivity contribution in [3.8, 4) is 11.4 Å². The van der Waals surface area contributed by atoms with Crippen LogP contribution in [-0.2, 0) is 0 Å². The average Bonchev–Trinajstić information content (AvgIpc) is 2.38. The van der Waals surface area contributed by atoms with Gasteiger partial charge in [-0.25, -0.2) is 4.79 Å². The van der Waals surface area contributed by atoms with Crippen molar-refractivity contribution in [3.63, 3.8) is 0 Å². The molecule has 1 aromatic heterocycles. The number of hydrogen-bond acceptors (Lipinski definition) is 3. The molecular weight excluding hydrogens is 258 g/mol. The molecule has 20 heavy (non-hydrogen) atoms. The van der Waals surface area contributed by atoms with Crippen molar-refractivity contribution in [1.29, 1.82) is 0 Å². The van der Waals surface area contributed by atoms with Crippen LogP contribution in [-0.4, -0.2) is 22.8 Å². The second-order valence-corrected chi connectivity index (χ2v) is 4.51. The van der Waals surface area contributed by atoms with Crippen LogP contribution in [0.25, 0.3) is 5.69 Å². The number of hydrogen-bond donors (Lipinski definition) is 1. The summed E-state index contributed by atoms with van der Waals surface area (Å²) in [4.78, 5) is 23.4. The first-order valence-electron chi connectivity index (χ1n) is 6.06. The number of aromatic nitrogens is 1. The number of benzene rings is 1. The Bertz CT molecular complexity index is 731. The topological polar surface area (TPSA) is 68.5 Å². The van der Waals surface area contributed by atoms with Gasteiger partial charge in [0.15, 0.2) is 0 Å². The number of carbonyl (C=O) groups is 1. The number of carboxylic acids is 1. The third-order valence-corrected chi connectivity index (χ3v) is 3.08. The van der Waals surface area contributed by atoms with Crippen molar-refractivity contribution < 1.29 is 14.6 Å². The van der Waals surface area contributed by atoms with E-state index in [4.69, 9.17) is 9.84 Å². The summed E-state index contributed by atoms with van der Waals surface area (Å²) in [7, 11) is 1.51. The Balaban J connectivity index is 2.82. The molecule has 0 radical (unpaired) electrons. The number of aryl methyl sites for hydroxylation is 2. The summed E-state index contributed by atoms with van der Waals surface area (Å²) in [5.74, 6) is -0.723. The van der Waals surface area contributed by atoms with Crippen molar-refractivity contribution in [1.82, 2.24) is 4.57 Å². The lowest BCUT2D eigenvalue weighted by Gasteiger charge is -2.15. The van der Waals surface area contributed by atoms with Crippen LogP contribution in [0.2, 0.25) is 0 Å². The second kappa shape index (κ2) is 5.21. The molecule has 0 spiro atoms. The number of pyridine rings is 1. The zero-order valence-electron chi connectivity index (χ0n) is 11.5. The fourth-order valence-electron chi connectivity index (χ4n) is 2.07. The lowest BCUT2D eigenvalue weighted by Crippen LogP contribution is -2.26. The highest BCUT2D eigenvalue weighted by molar-refractivity contribution is 5.87. The molecule has 0 unspecified atom stereocenters. The number of ether oxygens (including phenoxy) is 1. The Hall–Kier alpha value is -2.56. The molecule has 1 heterocycles. The molecule has 0 aliphatic carbocycles. The van der Waals surface area contributed by atoms with Gasteiger partial charge in [-0.15, -0.1) is 0 Å². The summed E-state index contributed by atoms with van der Waals surface area (Å²) in [5.41, 5.74) is 1.30. The Morgan fingerprint density at radius 1 is 1.20 bits per heavy atom. The molecule has 1 N–H and O–H groups in total. The van der Waals surface area contributed by atoms with Crippen LogP contribution in [0.15, 0.2) is 35.1 Å². The molecule has 0 saturated carbocycles. The fourth-order valence-corrected chi connectivity index (χ4v) is 2.07. The van der Waals surface area contributed by atoms with Gasteiger partial charge in [-0.3, -0.25) is 9.36 Å². The number of nitrogens with zero attached hydrogens (tertiary/aromatic N) is 1. The average molecular weight is 273 g/mol. The zero-order valence-corrected chi connectivity index (χ0v) is 11.5. The smallest absolute Gasteiger partial charge is 0.341 e. The van der Waals surface area contributed by atoms with Crippen molar-refractivity contribution >= 4 is 5.97 Å². The van der Waals surface area contributed by atoms with Crippen LogP contribution < -0.4 is 10.3 Å². The van der Waals surface area contributed by atoms with Gasteiger partial charge in [-0.05, 0) is 43.7 Å². The molecule has 2 aromatic rings. The summed E-state index contributed by atoms with van der Waals surface area (Å²) in [6.07, 6.45) is 0. The van der Waals surface area contributed by atoms with E-state index < -0.39 is 11.5 Å². The predicted molar refractivity (Wildman–Crippen MR) is 75.0 cm³/mol. The Kier molecular flexibility index (Phi) is 3.61. The van der Waals surface area contributed by atoms with Crippen molar-refractivity contribution in [2.45, 2.75) is 13.8 Å². The van der Waals surface area contributed by atoms with Crippen LogP contribution in [0.5, 0.6) is 5.75 Å². The molecule has 0 fully saturated rings. The summed E-state index contributed by atoms with van der Waals surface area (Å²) >= 11 is 0. The van der Waals surface area contributed by atoms with E-state index in [1.54, 1.807) is 25.1 Å². The standard InChI is InChI=1S/C15H15NO4/c1-9-4-7-13(20-3)12(8-9)16-10(2)5-6-11(14(16)17)15(18)19/h4-8H,1-3H3,(H,18,19).